The third-order valence-corrected chi connectivity index (χ3v) is 2.06. The Morgan fingerprint density at radius 3 is 2.75 bits per heavy atom. The number of aliphatic carboxylic acids is 1. The van der Waals surface area contributed by atoms with Gasteiger partial charge in [0.2, 0.25) is 0 Å². The molecule has 2 rings (SSSR count). The van der Waals surface area contributed by atoms with Gasteiger partial charge in [0.15, 0.2) is 0 Å². The number of H-pyrrole nitrogens is 1. The molecule has 0 aliphatic rings. The first-order valence-electron chi connectivity index (χ1n) is 4.77. The third-order valence-electron chi connectivity index (χ3n) is 2.06. The largest absolute Gasteiger partial charge is 0.478 e. The highest BCUT2D eigenvalue weighted by Gasteiger charge is 2.00. The number of aromatic nitrogens is 2. The SMILES string of the molecule is O=C(O)C=Cc1ncc(-c2ccccc2)[nH]1. The van der Waals surface area contributed by atoms with Crippen molar-refractivity contribution in [1.82, 2.24) is 9.97 Å². The molecule has 0 saturated carbocycles. The number of imidazole rings is 1. The molecule has 2 N–H and O–H groups in total. The molecule has 0 aliphatic carbocycles. The van der Waals surface area contributed by atoms with Gasteiger partial charge in [-0.05, 0) is 11.6 Å². The van der Waals surface area contributed by atoms with Crippen molar-refractivity contribution in [3.63, 3.8) is 0 Å². The van der Waals surface area contributed by atoms with Crippen LogP contribution in [0.4, 0.5) is 0 Å². The number of benzene rings is 1. The summed E-state index contributed by atoms with van der Waals surface area (Å²) in [5.74, 6) is -0.459. The van der Waals surface area contributed by atoms with E-state index in [2.05, 4.69) is 9.97 Å². The molecular formula is C12H10N2O2. The van der Waals surface area contributed by atoms with Crippen LogP contribution in [0, 0.1) is 0 Å². The predicted octanol–water partition coefficient (Wildman–Crippen LogP) is 2.17. The van der Waals surface area contributed by atoms with Crippen molar-refractivity contribution in [3.8, 4) is 11.3 Å². The van der Waals surface area contributed by atoms with Crippen molar-refractivity contribution in [2.45, 2.75) is 0 Å². The summed E-state index contributed by atoms with van der Waals surface area (Å²) in [5.41, 5.74) is 1.88. The second-order valence-electron chi connectivity index (χ2n) is 3.22. The number of carboxylic acid groups (broad SMARTS) is 1. The maximum Gasteiger partial charge on any atom is 0.328 e. The lowest BCUT2D eigenvalue weighted by molar-refractivity contribution is -0.131. The zero-order valence-corrected chi connectivity index (χ0v) is 8.42. The number of aromatic amines is 1. The number of hydrogen-bond acceptors (Lipinski definition) is 2. The van der Waals surface area contributed by atoms with Crippen LogP contribution in [0.25, 0.3) is 17.3 Å². The molecule has 1 aromatic heterocycles. The minimum atomic E-state index is -0.988. The first kappa shape index (κ1) is 10.2. The molecule has 0 radical (unpaired) electrons. The molecule has 4 heteroatoms. The van der Waals surface area contributed by atoms with Gasteiger partial charge in [-0.15, -0.1) is 0 Å². The number of carbonyl (C=O) groups is 1. The molecule has 1 aromatic carbocycles. The Bertz CT molecular complexity index is 515. The van der Waals surface area contributed by atoms with Gasteiger partial charge in [0.05, 0.1) is 11.9 Å². The quantitative estimate of drug-likeness (QED) is 0.769. The zero-order valence-electron chi connectivity index (χ0n) is 8.42. The van der Waals surface area contributed by atoms with Crippen LogP contribution < -0.4 is 0 Å². The van der Waals surface area contributed by atoms with Gasteiger partial charge in [-0.1, -0.05) is 30.3 Å². The van der Waals surface area contributed by atoms with E-state index in [1.807, 2.05) is 30.3 Å². The average molecular weight is 214 g/mol. The lowest BCUT2D eigenvalue weighted by Crippen LogP contribution is -1.86. The van der Waals surface area contributed by atoms with E-state index in [1.54, 1.807) is 6.20 Å². The zero-order chi connectivity index (χ0) is 11.4. The molecular weight excluding hydrogens is 204 g/mol. The molecule has 16 heavy (non-hydrogen) atoms. The van der Waals surface area contributed by atoms with E-state index in [0.29, 0.717) is 5.82 Å². The first-order chi connectivity index (χ1) is 7.75. The van der Waals surface area contributed by atoms with Crippen molar-refractivity contribution in [1.29, 1.82) is 0 Å². The number of carboxylic acids is 1. The molecule has 4 nitrogen and oxygen atoms in total. The van der Waals surface area contributed by atoms with Gasteiger partial charge >= 0.3 is 5.97 Å². The van der Waals surface area contributed by atoms with Crippen LogP contribution in [-0.2, 0) is 4.79 Å². The summed E-state index contributed by atoms with van der Waals surface area (Å²) < 4.78 is 0. The molecule has 0 atom stereocenters. The van der Waals surface area contributed by atoms with Crippen LogP contribution in [-0.4, -0.2) is 21.0 Å². The molecule has 0 unspecified atom stereocenters. The number of hydrogen-bond donors (Lipinski definition) is 2. The Balaban J connectivity index is 2.23. The Hall–Kier alpha value is -2.36. The highest BCUT2D eigenvalue weighted by Crippen LogP contribution is 2.16. The molecule has 0 bridgehead atoms. The Labute approximate surface area is 92.3 Å². The smallest absolute Gasteiger partial charge is 0.328 e. The maximum atomic E-state index is 10.3. The van der Waals surface area contributed by atoms with Gasteiger partial charge < -0.3 is 10.1 Å². The number of nitrogens with one attached hydrogen (secondary N) is 1. The van der Waals surface area contributed by atoms with Crippen LogP contribution in [0.1, 0.15) is 5.82 Å². The van der Waals surface area contributed by atoms with Gasteiger partial charge in [0.1, 0.15) is 5.82 Å². The summed E-state index contributed by atoms with van der Waals surface area (Å²) in [6.45, 7) is 0. The van der Waals surface area contributed by atoms with Gasteiger partial charge in [0.25, 0.3) is 0 Å². The Kier molecular flexibility index (Phi) is 2.82. The highest BCUT2D eigenvalue weighted by atomic mass is 16.4. The normalized spacial score (nSPS) is 10.8. The molecule has 1 heterocycles. The fourth-order valence-corrected chi connectivity index (χ4v) is 1.34. The van der Waals surface area contributed by atoms with E-state index in [9.17, 15) is 4.79 Å². The summed E-state index contributed by atoms with van der Waals surface area (Å²) in [6, 6.07) is 9.72. The summed E-state index contributed by atoms with van der Waals surface area (Å²) >= 11 is 0. The second kappa shape index (κ2) is 4.44. The fraction of sp³-hybridized carbons (Fsp3) is 0. The van der Waals surface area contributed by atoms with Gasteiger partial charge in [0, 0.05) is 6.08 Å². The molecule has 0 fully saturated rings. The van der Waals surface area contributed by atoms with Crippen molar-refractivity contribution in [2.24, 2.45) is 0 Å². The Morgan fingerprint density at radius 1 is 1.31 bits per heavy atom. The third kappa shape index (κ3) is 2.36. The molecule has 0 amide bonds. The molecule has 0 saturated heterocycles. The van der Waals surface area contributed by atoms with Crippen molar-refractivity contribution < 1.29 is 9.90 Å². The van der Waals surface area contributed by atoms with Gasteiger partial charge in [-0.25, -0.2) is 9.78 Å². The van der Waals surface area contributed by atoms with Crippen molar-refractivity contribution >= 4 is 12.0 Å². The van der Waals surface area contributed by atoms with E-state index in [-0.39, 0.29) is 0 Å². The van der Waals surface area contributed by atoms with Crippen molar-refractivity contribution in [2.75, 3.05) is 0 Å². The van der Waals surface area contributed by atoms with Crippen LogP contribution in [0.15, 0.2) is 42.6 Å². The second-order valence-corrected chi connectivity index (χ2v) is 3.22. The van der Waals surface area contributed by atoms with E-state index in [4.69, 9.17) is 5.11 Å². The van der Waals surface area contributed by atoms with E-state index < -0.39 is 5.97 Å². The van der Waals surface area contributed by atoms with Gasteiger partial charge in [-0.3, -0.25) is 0 Å². The van der Waals surface area contributed by atoms with E-state index >= 15 is 0 Å². The Morgan fingerprint density at radius 2 is 2.06 bits per heavy atom. The average Bonchev–Trinajstić information content (AvgIpc) is 2.76. The maximum absolute atomic E-state index is 10.3. The first-order valence-corrected chi connectivity index (χ1v) is 4.77. The van der Waals surface area contributed by atoms with Crippen molar-refractivity contribution in [3.05, 3.63) is 48.4 Å². The summed E-state index contributed by atoms with van der Waals surface area (Å²) in [4.78, 5) is 17.4. The standard InChI is InChI=1S/C12H10N2O2/c15-12(16)7-6-11-13-8-10(14-11)9-4-2-1-3-5-9/h1-8H,(H,13,14)(H,15,16). The van der Waals surface area contributed by atoms with Gasteiger partial charge in [-0.2, -0.15) is 0 Å². The lowest BCUT2D eigenvalue weighted by atomic mass is 10.2. The monoisotopic (exact) mass is 214 g/mol. The lowest BCUT2D eigenvalue weighted by Gasteiger charge is -1.94. The summed E-state index contributed by atoms with van der Waals surface area (Å²) in [7, 11) is 0. The van der Waals surface area contributed by atoms with Crippen LogP contribution in [0.2, 0.25) is 0 Å². The van der Waals surface area contributed by atoms with Crippen LogP contribution in [0.5, 0.6) is 0 Å². The van der Waals surface area contributed by atoms with Crippen LogP contribution >= 0.6 is 0 Å². The molecule has 2 aromatic rings. The van der Waals surface area contributed by atoms with Crippen LogP contribution in [0.3, 0.4) is 0 Å². The minimum absolute atomic E-state index is 0.529. The summed E-state index contributed by atoms with van der Waals surface area (Å²) in [5, 5.41) is 8.47. The molecule has 80 valence electrons. The topological polar surface area (TPSA) is 66.0 Å². The molecule has 0 spiro atoms. The van der Waals surface area contributed by atoms with E-state index in [0.717, 1.165) is 17.3 Å². The number of rotatable bonds is 3. The minimum Gasteiger partial charge on any atom is -0.478 e. The highest BCUT2D eigenvalue weighted by molar-refractivity contribution is 5.84. The van der Waals surface area contributed by atoms with E-state index in [1.165, 1.54) is 6.08 Å². The fourth-order valence-electron chi connectivity index (χ4n) is 1.34. The molecule has 0 aliphatic heterocycles. The number of nitrogens with zero attached hydrogens (tertiary/aromatic N) is 1. The predicted molar refractivity (Wildman–Crippen MR) is 60.7 cm³/mol. The summed E-state index contributed by atoms with van der Waals surface area (Å²) in [6.07, 6.45) is 4.15.